The van der Waals surface area contributed by atoms with Crippen LogP contribution in [-0.2, 0) is 7.05 Å². The van der Waals surface area contributed by atoms with E-state index in [4.69, 9.17) is 0 Å². The lowest BCUT2D eigenvalue weighted by atomic mass is 10.1. The fourth-order valence-electron chi connectivity index (χ4n) is 2.11. The van der Waals surface area contributed by atoms with E-state index in [1.54, 1.807) is 24.0 Å². The third-order valence-electron chi connectivity index (χ3n) is 2.97. The van der Waals surface area contributed by atoms with E-state index in [1.165, 1.54) is 0 Å². The molecule has 3 rings (SSSR count). The molecule has 3 aromatic rings. The maximum absolute atomic E-state index is 12.1. The zero-order valence-corrected chi connectivity index (χ0v) is 10.7. The summed E-state index contributed by atoms with van der Waals surface area (Å²) in [6.07, 6.45) is 3.33. The SMILES string of the molecule is Cn1c(=O)c2cnccc2c2cc(Br)ccc21. The molecule has 0 fully saturated rings. The number of halogens is 1. The second kappa shape index (κ2) is 3.67. The number of fused-ring (bicyclic) bond motifs is 3. The minimum absolute atomic E-state index is 0.0112. The standard InChI is InChI=1S/C13H9BrN2O/c1-16-12-3-2-8(14)6-10(12)9-4-5-15-7-11(9)13(16)17/h2-7H,1H3. The van der Waals surface area contributed by atoms with E-state index in [9.17, 15) is 4.79 Å². The van der Waals surface area contributed by atoms with Crippen LogP contribution in [0.25, 0.3) is 21.7 Å². The molecule has 2 aromatic heterocycles. The lowest BCUT2D eigenvalue weighted by Crippen LogP contribution is -2.17. The lowest BCUT2D eigenvalue weighted by molar-refractivity contribution is 0.917. The number of aryl methyl sites for hydroxylation is 1. The van der Waals surface area contributed by atoms with E-state index in [2.05, 4.69) is 20.9 Å². The van der Waals surface area contributed by atoms with Crippen LogP contribution in [0.15, 0.2) is 45.9 Å². The third-order valence-corrected chi connectivity index (χ3v) is 3.46. The molecule has 0 unspecified atom stereocenters. The van der Waals surface area contributed by atoms with Crippen molar-refractivity contribution in [3.8, 4) is 0 Å². The van der Waals surface area contributed by atoms with Crippen molar-refractivity contribution in [2.75, 3.05) is 0 Å². The van der Waals surface area contributed by atoms with Crippen molar-refractivity contribution in [3.05, 3.63) is 51.5 Å². The molecular weight excluding hydrogens is 280 g/mol. The van der Waals surface area contributed by atoms with E-state index in [1.807, 2.05) is 24.3 Å². The Kier molecular flexibility index (Phi) is 2.26. The molecule has 0 aliphatic heterocycles. The fourth-order valence-corrected chi connectivity index (χ4v) is 2.47. The molecular formula is C13H9BrN2O. The molecule has 84 valence electrons. The van der Waals surface area contributed by atoms with Crippen molar-refractivity contribution in [2.45, 2.75) is 0 Å². The van der Waals surface area contributed by atoms with Crippen LogP contribution in [0.5, 0.6) is 0 Å². The lowest BCUT2D eigenvalue weighted by Gasteiger charge is -2.08. The quantitative estimate of drug-likeness (QED) is 0.596. The first kappa shape index (κ1) is 10.5. The summed E-state index contributed by atoms with van der Waals surface area (Å²) in [6, 6.07) is 7.79. The van der Waals surface area contributed by atoms with E-state index < -0.39 is 0 Å². The van der Waals surface area contributed by atoms with Gasteiger partial charge in [0.25, 0.3) is 5.56 Å². The first-order valence-corrected chi connectivity index (χ1v) is 6.00. The summed E-state index contributed by atoms with van der Waals surface area (Å²) in [4.78, 5) is 16.2. The first-order chi connectivity index (χ1) is 8.18. The van der Waals surface area contributed by atoms with E-state index in [0.29, 0.717) is 5.39 Å². The molecule has 0 N–H and O–H groups in total. The maximum atomic E-state index is 12.1. The predicted octanol–water partition coefficient (Wildman–Crippen LogP) is 2.85. The van der Waals surface area contributed by atoms with Gasteiger partial charge in [-0.3, -0.25) is 9.78 Å². The molecule has 17 heavy (non-hydrogen) atoms. The van der Waals surface area contributed by atoms with E-state index in [0.717, 1.165) is 20.8 Å². The van der Waals surface area contributed by atoms with Gasteiger partial charge in [-0.05, 0) is 29.7 Å². The summed E-state index contributed by atoms with van der Waals surface area (Å²) in [6.45, 7) is 0. The van der Waals surface area contributed by atoms with Crippen molar-refractivity contribution in [2.24, 2.45) is 7.05 Å². The average molecular weight is 289 g/mol. The molecule has 3 nitrogen and oxygen atoms in total. The van der Waals surface area contributed by atoms with Crippen LogP contribution in [0.1, 0.15) is 0 Å². The van der Waals surface area contributed by atoms with Crippen molar-refractivity contribution in [1.29, 1.82) is 0 Å². The molecule has 4 heteroatoms. The molecule has 0 aliphatic carbocycles. The van der Waals surface area contributed by atoms with Crippen molar-refractivity contribution >= 4 is 37.6 Å². The smallest absolute Gasteiger partial charge is 0.260 e. The Morgan fingerprint density at radius 2 is 2.00 bits per heavy atom. The van der Waals surface area contributed by atoms with Gasteiger partial charge in [-0.1, -0.05) is 15.9 Å². The molecule has 0 aliphatic rings. The molecule has 0 spiro atoms. The molecule has 1 aromatic carbocycles. The van der Waals surface area contributed by atoms with Crippen LogP contribution in [0.4, 0.5) is 0 Å². The summed E-state index contributed by atoms with van der Waals surface area (Å²) >= 11 is 3.46. The average Bonchev–Trinajstić information content (AvgIpc) is 2.36. The Morgan fingerprint density at radius 3 is 2.82 bits per heavy atom. The van der Waals surface area contributed by atoms with Crippen LogP contribution in [0, 0.1) is 0 Å². The van der Waals surface area contributed by atoms with Gasteiger partial charge in [-0.25, -0.2) is 0 Å². The minimum atomic E-state index is -0.0112. The van der Waals surface area contributed by atoms with Crippen molar-refractivity contribution < 1.29 is 0 Å². The first-order valence-electron chi connectivity index (χ1n) is 5.20. The number of benzene rings is 1. The Balaban J connectivity index is 2.71. The largest absolute Gasteiger partial charge is 0.311 e. The Morgan fingerprint density at radius 1 is 1.18 bits per heavy atom. The number of hydrogen-bond donors (Lipinski definition) is 0. The summed E-state index contributed by atoms with van der Waals surface area (Å²) < 4.78 is 2.66. The maximum Gasteiger partial charge on any atom is 0.260 e. The highest BCUT2D eigenvalue weighted by molar-refractivity contribution is 9.10. The molecule has 0 saturated carbocycles. The summed E-state index contributed by atoms with van der Waals surface area (Å²) in [5.41, 5.74) is 0.917. The van der Waals surface area contributed by atoms with Gasteiger partial charge < -0.3 is 4.57 Å². The van der Waals surface area contributed by atoms with Gasteiger partial charge in [0.15, 0.2) is 0 Å². The van der Waals surface area contributed by atoms with Gasteiger partial charge in [-0.15, -0.1) is 0 Å². The topological polar surface area (TPSA) is 34.9 Å². The van der Waals surface area contributed by atoms with Gasteiger partial charge in [0.2, 0.25) is 0 Å². The van der Waals surface area contributed by atoms with Crippen LogP contribution in [0.3, 0.4) is 0 Å². The van der Waals surface area contributed by atoms with Gasteiger partial charge >= 0.3 is 0 Å². The number of hydrogen-bond acceptors (Lipinski definition) is 2. The normalized spacial score (nSPS) is 11.2. The van der Waals surface area contributed by atoms with Crippen LogP contribution in [0.2, 0.25) is 0 Å². The number of pyridine rings is 2. The third kappa shape index (κ3) is 1.48. The van der Waals surface area contributed by atoms with Crippen LogP contribution in [-0.4, -0.2) is 9.55 Å². The molecule has 0 atom stereocenters. The minimum Gasteiger partial charge on any atom is -0.311 e. The fraction of sp³-hybridized carbons (Fsp3) is 0.0769. The zero-order valence-electron chi connectivity index (χ0n) is 9.14. The molecule has 0 radical (unpaired) electrons. The van der Waals surface area contributed by atoms with Crippen molar-refractivity contribution in [1.82, 2.24) is 9.55 Å². The highest BCUT2D eigenvalue weighted by atomic mass is 79.9. The molecule has 0 bridgehead atoms. The molecule has 0 saturated heterocycles. The Hall–Kier alpha value is -1.68. The highest BCUT2D eigenvalue weighted by Gasteiger charge is 2.08. The van der Waals surface area contributed by atoms with E-state index >= 15 is 0 Å². The molecule has 0 amide bonds. The Labute approximate surface area is 106 Å². The van der Waals surface area contributed by atoms with Gasteiger partial charge in [-0.2, -0.15) is 0 Å². The van der Waals surface area contributed by atoms with Crippen LogP contribution < -0.4 is 5.56 Å². The summed E-state index contributed by atoms with van der Waals surface area (Å²) in [5, 5.41) is 2.65. The summed E-state index contributed by atoms with van der Waals surface area (Å²) in [5.74, 6) is 0. The monoisotopic (exact) mass is 288 g/mol. The second-order valence-electron chi connectivity index (χ2n) is 3.95. The highest BCUT2D eigenvalue weighted by Crippen LogP contribution is 2.24. The van der Waals surface area contributed by atoms with Gasteiger partial charge in [0, 0.05) is 29.3 Å². The predicted molar refractivity (Wildman–Crippen MR) is 72.2 cm³/mol. The number of rotatable bonds is 0. The Bertz CT molecular complexity index is 792. The molecule has 2 heterocycles. The van der Waals surface area contributed by atoms with Gasteiger partial charge in [0.05, 0.1) is 10.9 Å². The number of nitrogens with zero attached hydrogens (tertiary/aromatic N) is 2. The number of aromatic nitrogens is 2. The van der Waals surface area contributed by atoms with Gasteiger partial charge in [0.1, 0.15) is 0 Å². The second-order valence-corrected chi connectivity index (χ2v) is 4.86. The van der Waals surface area contributed by atoms with Crippen molar-refractivity contribution in [3.63, 3.8) is 0 Å². The zero-order chi connectivity index (χ0) is 12.0. The summed E-state index contributed by atoms with van der Waals surface area (Å²) in [7, 11) is 1.78. The van der Waals surface area contributed by atoms with E-state index in [-0.39, 0.29) is 5.56 Å². The van der Waals surface area contributed by atoms with Crippen LogP contribution >= 0.6 is 15.9 Å².